The summed E-state index contributed by atoms with van der Waals surface area (Å²) in [6, 6.07) is 18.0. The van der Waals surface area contributed by atoms with Gasteiger partial charge in [-0.05, 0) is 101 Å². The van der Waals surface area contributed by atoms with Crippen LogP contribution in [0.2, 0.25) is 0 Å². The Morgan fingerprint density at radius 2 is 1.09 bits per heavy atom. The number of benzene rings is 3. The maximum absolute atomic E-state index is 14.8. The molecule has 3 aromatic carbocycles. The van der Waals surface area contributed by atoms with Crippen LogP contribution in [-0.4, -0.2) is 5.11 Å². The molecule has 0 amide bonds. The van der Waals surface area contributed by atoms with Crippen molar-refractivity contribution in [2.45, 2.75) is 150 Å². The van der Waals surface area contributed by atoms with Crippen molar-refractivity contribution in [1.29, 1.82) is 0 Å². The standard InChI is InChI=1S/C41H61O4P/c1-12-14-16-26-40(8,9)32-18-22-34(23-19-32)44-46(43,29-36-30(3)28-37(39(5,6)7)38(42)31(36)4)45-35-24-20-33(21-25-35)41(10,11)27-17-15-13-2/h18-25,28,42H,12-17,26-27,29H2,1-11H3. The molecule has 0 saturated carbocycles. The Balaban J connectivity index is 1.97. The van der Waals surface area contributed by atoms with Crippen LogP contribution in [0.5, 0.6) is 17.2 Å². The van der Waals surface area contributed by atoms with E-state index in [9.17, 15) is 9.67 Å². The SMILES string of the molecule is CCCCCC(C)(C)c1ccc(OP(=O)(Cc2c(C)cc(C(C)(C)C)c(O)c2C)Oc2ccc(C(C)(C)CCCCC)cc2)cc1. The molecule has 0 bridgehead atoms. The number of aryl methyl sites for hydroxylation is 1. The summed E-state index contributed by atoms with van der Waals surface area (Å²) >= 11 is 0. The van der Waals surface area contributed by atoms with Crippen molar-refractivity contribution < 1.29 is 18.7 Å². The summed E-state index contributed by atoms with van der Waals surface area (Å²) in [7, 11) is -3.78. The maximum Gasteiger partial charge on any atom is 0.435 e. The van der Waals surface area contributed by atoms with E-state index in [0.29, 0.717) is 17.1 Å². The minimum Gasteiger partial charge on any atom is -0.507 e. The summed E-state index contributed by atoms with van der Waals surface area (Å²) in [6.07, 6.45) is 9.51. The van der Waals surface area contributed by atoms with Gasteiger partial charge >= 0.3 is 7.60 Å². The van der Waals surface area contributed by atoms with Gasteiger partial charge in [0.25, 0.3) is 0 Å². The third kappa shape index (κ3) is 9.90. The molecule has 0 aliphatic carbocycles. The normalized spacial score (nSPS) is 12.8. The van der Waals surface area contributed by atoms with Crippen LogP contribution in [0.25, 0.3) is 0 Å². The molecule has 0 spiro atoms. The number of hydrogen-bond donors (Lipinski definition) is 1. The molecule has 0 heterocycles. The van der Waals surface area contributed by atoms with Crippen LogP contribution < -0.4 is 9.05 Å². The second kappa shape index (κ2) is 15.5. The molecule has 0 aliphatic heterocycles. The van der Waals surface area contributed by atoms with Crippen molar-refractivity contribution in [3.8, 4) is 17.2 Å². The number of phenolic OH excluding ortho intramolecular Hbond substituents is 1. The Kier molecular flexibility index (Phi) is 12.7. The molecule has 0 atom stereocenters. The van der Waals surface area contributed by atoms with Crippen molar-refractivity contribution >= 4 is 7.60 Å². The van der Waals surface area contributed by atoms with Gasteiger partial charge in [0.1, 0.15) is 17.2 Å². The van der Waals surface area contributed by atoms with E-state index < -0.39 is 7.60 Å². The molecule has 4 nitrogen and oxygen atoms in total. The highest BCUT2D eigenvalue weighted by molar-refractivity contribution is 7.53. The summed E-state index contributed by atoms with van der Waals surface area (Å²) in [6.45, 7) is 23.7. The first-order chi connectivity index (χ1) is 21.4. The van der Waals surface area contributed by atoms with E-state index in [0.717, 1.165) is 29.5 Å². The molecule has 5 heteroatoms. The van der Waals surface area contributed by atoms with E-state index in [1.54, 1.807) is 0 Å². The van der Waals surface area contributed by atoms with Gasteiger partial charge in [0.15, 0.2) is 0 Å². The van der Waals surface area contributed by atoms with Crippen molar-refractivity contribution in [1.82, 2.24) is 0 Å². The van der Waals surface area contributed by atoms with Gasteiger partial charge in [-0.1, -0.05) is 131 Å². The molecule has 0 aliphatic rings. The number of aromatic hydroxyl groups is 1. The molecule has 3 aromatic rings. The minimum atomic E-state index is -3.78. The first-order valence-corrected chi connectivity index (χ1v) is 19.2. The number of unbranched alkanes of at least 4 members (excludes halogenated alkanes) is 4. The van der Waals surface area contributed by atoms with Crippen molar-refractivity contribution in [2.75, 3.05) is 0 Å². The van der Waals surface area contributed by atoms with Crippen molar-refractivity contribution in [3.05, 3.63) is 88.0 Å². The van der Waals surface area contributed by atoms with Crippen LogP contribution in [0.1, 0.15) is 147 Å². The van der Waals surface area contributed by atoms with E-state index in [-0.39, 0.29) is 28.2 Å². The van der Waals surface area contributed by atoms with Crippen molar-refractivity contribution in [2.24, 2.45) is 0 Å². The highest BCUT2D eigenvalue weighted by Gasteiger charge is 2.33. The fourth-order valence-electron chi connectivity index (χ4n) is 6.28. The summed E-state index contributed by atoms with van der Waals surface area (Å²) < 4.78 is 27.5. The first kappa shape index (κ1) is 37.7. The molecule has 0 fully saturated rings. The third-order valence-electron chi connectivity index (χ3n) is 9.63. The lowest BCUT2D eigenvalue weighted by atomic mass is 9.80. The zero-order chi connectivity index (χ0) is 34.3. The summed E-state index contributed by atoms with van der Waals surface area (Å²) in [5.74, 6) is 1.26. The Morgan fingerprint density at radius 3 is 1.46 bits per heavy atom. The smallest absolute Gasteiger partial charge is 0.435 e. The fourth-order valence-corrected chi connectivity index (χ4v) is 8.21. The van der Waals surface area contributed by atoms with Gasteiger partial charge in [0, 0.05) is 0 Å². The lowest BCUT2D eigenvalue weighted by Gasteiger charge is -2.27. The minimum absolute atomic E-state index is 0.0389. The predicted molar refractivity (Wildman–Crippen MR) is 196 cm³/mol. The van der Waals surface area contributed by atoms with Crippen molar-refractivity contribution in [3.63, 3.8) is 0 Å². The maximum atomic E-state index is 14.8. The van der Waals surface area contributed by atoms with Gasteiger partial charge in [0.2, 0.25) is 0 Å². The van der Waals surface area contributed by atoms with E-state index in [4.69, 9.17) is 9.05 Å². The summed E-state index contributed by atoms with van der Waals surface area (Å²) in [4.78, 5) is 0. The molecule has 0 radical (unpaired) electrons. The summed E-state index contributed by atoms with van der Waals surface area (Å²) in [5, 5.41) is 11.2. The van der Waals surface area contributed by atoms with Gasteiger partial charge < -0.3 is 14.2 Å². The largest absolute Gasteiger partial charge is 0.507 e. The molecule has 0 unspecified atom stereocenters. The number of phenols is 1. The van der Waals surface area contributed by atoms with Gasteiger partial charge in [-0.2, -0.15) is 0 Å². The van der Waals surface area contributed by atoms with Crippen LogP contribution in [0, 0.1) is 13.8 Å². The second-order valence-corrected chi connectivity index (χ2v) is 17.5. The van der Waals surface area contributed by atoms with Gasteiger partial charge in [-0.3, -0.25) is 0 Å². The zero-order valence-corrected chi connectivity index (χ0v) is 31.6. The van der Waals surface area contributed by atoms with Crippen LogP contribution in [0.15, 0.2) is 54.6 Å². The highest BCUT2D eigenvalue weighted by Crippen LogP contribution is 2.53. The average molecular weight is 649 g/mol. The van der Waals surface area contributed by atoms with E-state index >= 15 is 0 Å². The Hall–Kier alpha value is -2.71. The number of hydrogen-bond acceptors (Lipinski definition) is 4. The predicted octanol–water partition coefficient (Wildman–Crippen LogP) is 12.9. The van der Waals surface area contributed by atoms with Gasteiger partial charge in [-0.25, -0.2) is 4.57 Å². The Morgan fingerprint density at radius 1 is 0.674 bits per heavy atom. The van der Waals surface area contributed by atoms with Crippen LogP contribution >= 0.6 is 7.60 Å². The quantitative estimate of drug-likeness (QED) is 0.124. The van der Waals surface area contributed by atoms with Gasteiger partial charge in [0.05, 0.1) is 6.16 Å². The molecule has 46 heavy (non-hydrogen) atoms. The fraction of sp³-hybridized carbons (Fsp3) is 0.561. The van der Waals surface area contributed by atoms with E-state index in [1.165, 1.54) is 49.7 Å². The molecule has 3 rings (SSSR count). The zero-order valence-electron chi connectivity index (χ0n) is 30.7. The summed E-state index contributed by atoms with van der Waals surface area (Å²) in [5.41, 5.74) is 5.66. The monoisotopic (exact) mass is 648 g/mol. The average Bonchev–Trinajstić information content (AvgIpc) is 2.97. The Labute approximate surface area is 280 Å². The van der Waals surface area contributed by atoms with E-state index in [2.05, 4.69) is 86.6 Å². The van der Waals surface area contributed by atoms with Crippen LogP contribution in [0.3, 0.4) is 0 Å². The molecule has 254 valence electrons. The lowest BCUT2D eigenvalue weighted by Crippen LogP contribution is -2.17. The second-order valence-electron chi connectivity index (χ2n) is 15.6. The molecule has 0 aromatic heterocycles. The highest BCUT2D eigenvalue weighted by atomic mass is 31.2. The molecular weight excluding hydrogens is 587 g/mol. The van der Waals surface area contributed by atoms with Crippen LogP contribution in [0.4, 0.5) is 0 Å². The van der Waals surface area contributed by atoms with Crippen LogP contribution in [-0.2, 0) is 27.0 Å². The molecular formula is C41H61O4P. The van der Waals surface area contributed by atoms with E-state index in [1.807, 2.05) is 44.2 Å². The topological polar surface area (TPSA) is 55.8 Å². The van der Waals surface area contributed by atoms with Gasteiger partial charge in [-0.15, -0.1) is 0 Å². The molecule has 1 N–H and O–H groups in total. The number of rotatable bonds is 16. The lowest BCUT2D eigenvalue weighted by molar-refractivity contribution is 0.383. The third-order valence-corrected chi connectivity index (χ3v) is 11.3. The Bertz CT molecular complexity index is 1390. The molecule has 0 saturated heterocycles. The first-order valence-electron chi connectivity index (χ1n) is 17.4.